The first kappa shape index (κ1) is 17.7. The third kappa shape index (κ3) is 3.75. The summed E-state index contributed by atoms with van der Waals surface area (Å²) in [5, 5.41) is 0. The van der Waals surface area contributed by atoms with Crippen LogP contribution in [0.15, 0.2) is 38.3 Å². The molecule has 2 aromatic rings. The van der Waals surface area contributed by atoms with Gasteiger partial charge in [-0.1, -0.05) is 6.07 Å². The zero-order chi connectivity index (χ0) is 17.3. The molecular formula is C15H17BrN2O4S2. The summed E-state index contributed by atoms with van der Waals surface area (Å²) < 4.78 is 39.3. The second kappa shape index (κ2) is 7.01. The predicted molar refractivity (Wildman–Crippen MR) is 96.2 cm³/mol. The van der Waals surface area contributed by atoms with E-state index in [0.717, 1.165) is 9.35 Å². The van der Waals surface area contributed by atoms with Gasteiger partial charge >= 0.3 is 0 Å². The lowest BCUT2D eigenvalue weighted by Crippen LogP contribution is -2.34. The van der Waals surface area contributed by atoms with Crippen LogP contribution in [0.4, 0.5) is 0 Å². The maximum Gasteiger partial charge on any atom is 0.250 e. The summed E-state index contributed by atoms with van der Waals surface area (Å²) in [7, 11) is 0.284. The van der Waals surface area contributed by atoms with Gasteiger partial charge in [0.05, 0.1) is 3.79 Å². The summed E-state index contributed by atoms with van der Waals surface area (Å²) in [6, 6.07) is 8.84. The molecule has 1 aromatic heterocycles. The molecule has 1 atom stereocenters. The van der Waals surface area contributed by atoms with Crippen molar-refractivity contribution in [2.75, 3.05) is 27.4 Å². The Hall–Kier alpha value is -1.13. The molecule has 9 heteroatoms. The number of nitrogens with zero attached hydrogens (tertiary/aromatic N) is 1. The summed E-state index contributed by atoms with van der Waals surface area (Å²) in [6.07, 6.45) is 0. The number of nitrogens with one attached hydrogen (secondary N) is 1. The van der Waals surface area contributed by atoms with Crippen LogP contribution in [0.1, 0.15) is 11.6 Å². The Labute approximate surface area is 153 Å². The molecule has 6 nitrogen and oxygen atoms in total. The van der Waals surface area contributed by atoms with Crippen molar-refractivity contribution in [1.82, 2.24) is 9.62 Å². The predicted octanol–water partition coefficient (Wildman–Crippen LogP) is 2.82. The van der Waals surface area contributed by atoms with Crippen molar-refractivity contribution in [1.29, 1.82) is 0 Å². The molecule has 0 radical (unpaired) electrons. The van der Waals surface area contributed by atoms with Crippen molar-refractivity contribution < 1.29 is 17.9 Å². The minimum atomic E-state index is -3.53. The van der Waals surface area contributed by atoms with Gasteiger partial charge in [0.15, 0.2) is 11.5 Å². The van der Waals surface area contributed by atoms with E-state index in [1.807, 2.05) is 37.2 Å². The van der Waals surface area contributed by atoms with E-state index in [1.54, 1.807) is 12.1 Å². The standard InChI is InChI=1S/C15H17BrN2O4S2/c1-18(2)11(10-3-4-12-13(7-10)22-9-21-12)8-17-24(19,20)15-6-5-14(16)23-15/h3-7,11,17H,8-9H2,1-2H3/t11-/m1/s1. The Morgan fingerprint density at radius 2 is 2.00 bits per heavy atom. The van der Waals surface area contributed by atoms with Gasteiger partial charge < -0.3 is 14.4 Å². The quantitative estimate of drug-likeness (QED) is 0.759. The Kier molecular flexibility index (Phi) is 5.16. The average molecular weight is 433 g/mol. The van der Waals surface area contributed by atoms with Gasteiger partial charge in [0.2, 0.25) is 16.8 Å². The first-order chi connectivity index (χ1) is 11.4. The number of ether oxygens (including phenoxy) is 2. The highest BCUT2D eigenvalue weighted by Crippen LogP contribution is 2.35. The average Bonchev–Trinajstić information content (AvgIpc) is 3.15. The lowest BCUT2D eigenvalue weighted by molar-refractivity contribution is 0.174. The molecule has 0 aliphatic carbocycles. The lowest BCUT2D eigenvalue weighted by atomic mass is 10.1. The number of thiophene rings is 1. The minimum Gasteiger partial charge on any atom is -0.454 e. The Morgan fingerprint density at radius 3 is 2.67 bits per heavy atom. The topological polar surface area (TPSA) is 67.9 Å². The van der Waals surface area contributed by atoms with Crippen LogP contribution in [-0.2, 0) is 10.0 Å². The third-order valence-corrected chi connectivity index (χ3v) is 7.22. The molecule has 0 saturated heterocycles. The first-order valence-corrected chi connectivity index (χ1v) is 10.3. The van der Waals surface area contributed by atoms with Gasteiger partial charge in [-0.2, -0.15) is 0 Å². The summed E-state index contributed by atoms with van der Waals surface area (Å²) in [5.74, 6) is 1.39. The highest BCUT2D eigenvalue weighted by molar-refractivity contribution is 9.11. The molecule has 0 amide bonds. The number of halogens is 1. The van der Waals surface area contributed by atoms with Gasteiger partial charge in [-0.25, -0.2) is 13.1 Å². The molecule has 1 aliphatic rings. The first-order valence-electron chi connectivity index (χ1n) is 7.18. The summed E-state index contributed by atoms with van der Waals surface area (Å²) in [6.45, 7) is 0.468. The molecule has 0 unspecified atom stereocenters. The molecule has 0 saturated carbocycles. The van der Waals surface area contributed by atoms with E-state index in [-0.39, 0.29) is 23.6 Å². The number of sulfonamides is 1. The molecule has 3 rings (SSSR count). The Bertz CT molecular complexity index is 836. The zero-order valence-electron chi connectivity index (χ0n) is 13.2. The number of benzene rings is 1. The van der Waals surface area contributed by atoms with Crippen molar-refractivity contribution in [3.8, 4) is 11.5 Å². The molecule has 0 spiro atoms. The fourth-order valence-corrected chi connectivity index (χ4v) is 5.51. The summed E-state index contributed by atoms with van der Waals surface area (Å²) in [5.41, 5.74) is 0.958. The molecule has 130 valence electrons. The van der Waals surface area contributed by atoms with E-state index < -0.39 is 10.0 Å². The second-order valence-corrected chi connectivity index (χ2v) is 9.96. The SMILES string of the molecule is CN(C)[C@H](CNS(=O)(=O)c1ccc(Br)s1)c1ccc2c(c1)OCO2. The van der Waals surface area contributed by atoms with Crippen LogP contribution >= 0.6 is 27.3 Å². The lowest BCUT2D eigenvalue weighted by Gasteiger charge is -2.25. The van der Waals surface area contributed by atoms with Gasteiger partial charge in [-0.05, 0) is 59.9 Å². The van der Waals surface area contributed by atoms with Crippen molar-refractivity contribution in [2.24, 2.45) is 0 Å². The van der Waals surface area contributed by atoms with E-state index in [2.05, 4.69) is 20.7 Å². The van der Waals surface area contributed by atoms with Gasteiger partial charge in [-0.15, -0.1) is 11.3 Å². The van der Waals surface area contributed by atoms with Crippen molar-refractivity contribution in [3.05, 3.63) is 39.7 Å². The molecule has 2 heterocycles. The maximum atomic E-state index is 12.4. The molecular weight excluding hydrogens is 416 g/mol. The van der Waals surface area contributed by atoms with Crippen LogP contribution in [0.5, 0.6) is 11.5 Å². The molecule has 0 bridgehead atoms. The van der Waals surface area contributed by atoms with E-state index in [1.165, 1.54) is 11.3 Å². The van der Waals surface area contributed by atoms with Crippen molar-refractivity contribution in [3.63, 3.8) is 0 Å². The van der Waals surface area contributed by atoms with Gasteiger partial charge in [-0.3, -0.25) is 0 Å². The monoisotopic (exact) mass is 432 g/mol. The zero-order valence-corrected chi connectivity index (χ0v) is 16.4. The fraction of sp³-hybridized carbons (Fsp3) is 0.333. The van der Waals surface area contributed by atoms with Crippen molar-refractivity contribution in [2.45, 2.75) is 10.3 Å². The fourth-order valence-electron chi connectivity index (χ4n) is 2.42. The van der Waals surface area contributed by atoms with E-state index in [0.29, 0.717) is 11.5 Å². The van der Waals surface area contributed by atoms with E-state index in [4.69, 9.17) is 9.47 Å². The normalized spacial score (nSPS) is 15.0. The minimum absolute atomic E-state index is 0.127. The van der Waals surface area contributed by atoms with Gasteiger partial charge in [0.1, 0.15) is 4.21 Å². The molecule has 24 heavy (non-hydrogen) atoms. The molecule has 0 fully saturated rings. The van der Waals surface area contributed by atoms with Crippen LogP contribution < -0.4 is 14.2 Å². The molecule has 1 N–H and O–H groups in total. The van der Waals surface area contributed by atoms with Gasteiger partial charge in [0, 0.05) is 12.6 Å². The van der Waals surface area contributed by atoms with E-state index in [9.17, 15) is 8.42 Å². The van der Waals surface area contributed by atoms with E-state index >= 15 is 0 Å². The highest BCUT2D eigenvalue weighted by Gasteiger charge is 2.23. The number of fused-ring (bicyclic) bond motifs is 1. The largest absolute Gasteiger partial charge is 0.454 e. The number of rotatable bonds is 6. The number of hydrogen-bond donors (Lipinski definition) is 1. The maximum absolute atomic E-state index is 12.4. The summed E-state index contributed by atoms with van der Waals surface area (Å²) in [4.78, 5) is 1.96. The second-order valence-electron chi connectivity index (χ2n) is 5.50. The van der Waals surface area contributed by atoms with Crippen LogP contribution in [0.2, 0.25) is 0 Å². The number of hydrogen-bond acceptors (Lipinski definition) is 6. The molecule has 1 aromatic carbocycles. The number of likely N-dealkylation sites (N-methyl/N-ethyl adjacent to an activating group) is 1. The highest BCUT2D eigenvalue weighted by atomic mass is 79.9. The van der Waals surface area contributed by atoms with Crippen LogP contribution in [0.3, 0.4) is 0 Å². The van der Waals surface area contributed by atoms with Crippen LogP contribution in [0, 0.1) is 0 Å². The Balaban J connectivity index is 1.77. The molecule has 1 aliphatic heterocycles. The Morgan fingerprint density at radius 1 is 1.25 bits per heavy atom. The van der Waals surface area contributed by atoms with Crippen LogP contribution in [0.25, 0.3) is 0 Å². The smallest absolute Gasteiger partial charge is 0.250 e. The van der Waals surface area contributed by atoms with Crippen LogP contribution in [-0.4, -0.2) is 40.8 Å². The van der Waals surface area contributed by atoms with Gasteiger partial charge in [0.25, 0.3) is 0 Å². The summed E-state index contributed by atoms with van der Waals surface area (Å²) >= 11 is 4.47. The van der Waals surface area contributed by atoms with Crippen molar-refractivity contribution >= 4 is 37.3 Å². The third-order valence-electron chi connectivity index (χ3n) is 3.68.